The zero-order valence-electron chi connectivity index (χ0n) is 17.4. The highest BCUT2D eigenvalue weighted by Gasteiger charge is 2.56. The number of thiazole rings is 1. The van der Waals surface area contributed by atoms with E-state index >= 15 is 0 Å². The molecule has 4 atom stereocenters. The van der Waals surface area contributed by atoms with Gasteiger partial charge in [0.05, 0.1) is 25.5 Å². The SMILES string of the molecule is COc1ccc2c(c1)[C@]13CCN(CC4CO4)[C@H](C2)[C@@H]1Cc1sc(NC(C)=O)nc1C3. The summed E-state index contributed by atoms with van der Waals surface area (Å²) in [5.41, 5.74) is 4.19. The van der Waals surface area contributed by atoms with Crippen LogP contribution in [0.3, 0.4) is 0 Å². The van der Waals surface area contributed by atoms with Gasteiger partial charge >= 0.3 is 0 Å². The van der Waals surface area contributed by atoms with Gasteiger partial charge in [-0.15, -0.1) is 11.3 Å². The molecule has 2 bridgehead atoms. The summed E-state index contributed by atoms with van der Waals surface area (Å²) in [6.45, 7) is 4.61. The van der Waals surface area contributed by atoms with Crippen molar-refractivity contribution in [2.45, 2.75) is 50.2 Å². The van der Waals surface area contributed by atoms with Gasteiger partial charge in [-0.3, -0.25) is 9.69 Å². The van der Waals surface area contributed by atoms with Crippen LogP contribution in [0.5, 0.6) is 5.75 Å². The second-order valence-corrected chi connectivity index (χ2v) is 10.3. The Labute approximate surface area is 180 Å². The average molecular weight is 426 g/mol. The number of rotatable bonds is 4. The molecular weight excluding hydrogens is 398 g/mol. The van der Waals surface area contributed by atoms with Crippen LogP contribution >= 0.6 is 11.3 Å². The van der Waals surface area contributed by atoms with Gasteiger partial charge in [0.25, 0.3) is 0 Å². The topological polar surface area (TPSA) is 67.0 Å². The van der Waals surface area contributed by atoms with Gasteiger partial charge < -0.3 is 14.8 Å². The standard InChI is InChI=1S/C23H27N3O3S/c1-13(27)24-22-25-19-10-23-5-6-26(11-16-12-29-16)20(18(23)9-21(19)30-22)7-14-3-4-15(28-2)8-17(14)23/h3-4,8,16,18,20H,5-7,9-12H2,1-2H3,(H,24,25,27)/t16?,18-,20+,23+/m0/s1. The fourth-order valence-corrected chi connectivity index (χ4v) is 7.25. The average Bonchev–Trinajstić information content (AvgIpc) is 3.46. The lowest BCUT2D eigenvalue weighted by Crippen LogP contribution is -2.63. The van der Waals surface area contributed by atoms with Crippen LogP contribution in [0.4, 0.5) is 5.13 Å². The van der Waals surface area contributed by atoms with Crippen LogP contribution in [0.15, 0.2) is 18.2 Å². The van der Waals surface area contributed by atoms with Crippen molar-refractivity contribution in [3.8, 4) is 5.75 Å². The number of carbonyl (C=O) groups is 1. The molecule has 0 radical (unpaired) electrons. The molecule has 3 heterocycles. The van der Waals surface area contributed by atoms with E-state index in [1.54, 1.807) is 25.4 Å². The molecule has 1 amide bonds. The Morgan fingerprint density at radius 2 is 2.30 bits per heavy atom. The Balaban J connectivity index is 1.44. The number of likely N-dealkylation sites (tertiary alicyclic amines) is 1. The van der Waals surface area contributed by atoms with Crippen molar-refractivity contribution in [3.63, 3.8) is 0 Å². The van der Waals surface area contributed by atoms with Gasteiger partial charge in [-0.25, -0.2) is 4.98 Å². The largest absolute Gasteiger partial charge is 0.497 e. The number of epoxide rings is 1. The number of fused-ring (bicyclic) bond motifs is 2. The van der Waals surface area contributed by atoms with Crippen LogP contribution in [0.2, 0.25) is 0 Å². The number of ether oxygens (including phenoxy) is 2. The van der Waals surface area contributed by atoms with Gasteiger partial charge in [-0.1, -0.05) is 6.07 Å². The van der Waals surface area contributed by atoms with Gasteiger partial charge in [0.1, 0.15) is 5.75 Å². The predicted molar refractivity (Wildman–Crippen MR) is 115 cm³/mol. The van der Waals surface area contributed by atoms with Gasteiger partial charge in [0, 0.05) is 36.2 Å². The lowest BCUT2D eigenvalue weighted by atomic mass is 9.53. The van der Waals surface area contributed by atoms with Crippen molar-refractivity contribution in [3.05, 3.63) is 39.9 Å². The Morgan fingerprint density at radius 1 is 1.43 bits per heavy atom. The van der Waals surface area contributed by atoms with E-state index in [-0.39, 0.29) is 11.3 Å². The third-order valence-corrected chi connectivity index (χ3v) is 8.60. The van der Waals surface area contributed by atoms with Gasteiger partial charge in [-0.2, -0.15) is 0 Å². The normalized spacial score (nSPS) is 31.3. The first-order valence-electron chi connectivity index (χ1n) is 10.8. The Bertz CT molecular complexity index is 1020. The zero-order valence-corrected chi connectivity index (χ0v) is 18.3. The highest BCUT2D eigenvalue weighted by atomic mass is 32.1. The van der Waals surface area contributed by atoms with E-state index in [9.17, 15) is 4.79 Å². The number of nitrogens with zero attached hydrogens (tertiary/aromatic N) is 2. The number of hydrogen-bond acceptors (Lipinski definition) is 6. The first kappa shape index (κ1) is 18.8. The van der Waals surface area contributed by atoms with Crippen molar-refractivity contribution in [1.82, 2.24) is 9.88 Å². The van der Waals surface area contributed by atoms with Crippen molar-refractivity contribution in [1.29, 1.82) is 0 Å². The molecule has 1 unspecified atom stereocenters. The van der Waals surface area contributed by atoms with Crippen LogP contribution in [-0.2, 0) is 34.2 Å². The monoisotopic (exact) mass is 425 g/mol. The molecule has 158 valence electrons. The van der Waals surface area contributed by atoms with E-state index in [1.807, 2.05) is 0 Å². The molecule has 7 heteroatoms. The van der Waals surface area contributed by atoms with Crippen molar-refractivity contribution in [2.75, 3.05) is 32.1 Å². The third-order valence-electron chi connectivity index (χ3n) is 7.56. The van der Waals surface area contributed by atoms with Crippen LogP contribution in [0, 0.1) is 5.92 Å². The summed E-state index contributed by atoms with van der Waals surface area (Å²) in [5.74, 6) is 1.45. The predicted octanol–water partition coefficient (Wildman–Crippen LogP) is 2.79. The molecule has 1 aromatic heterocycles. The number of nitrogens with one attached hydrogen (secondary N) is 1. The van der Waals surface area contributed by atoms with Crippen molar-refractivity contribution < 1.29 is 14.3 Å². The number of aromatic nitrogens is 1. The van der Waals surface area contributed by atoms with E-state index in [4.69, 9.17) is 14.5 Å². The van der Waals surface area contributed by atoms with Gasteiger partial charge in [-0.05, 0) is 55.0 Å². The van der Waals surface area contributed by atoms with Gasteiger partial charge in [0.2, 0.25) is 5.91 Å². The molecular formula is C23H27N3O3S. The maximum absolute atomic E-state index is 11.6. The fraction of sp³-hybridized carbons (Fsp3) is 0.565. The summed E-state index contributed by atoms with van der Waals surface area (Å²) in [4.78, 5) is 20.4. The lowest BCUT2D eigenvalue weighted by molar-refractivity contribution is -0.114. The minimum absolute atomic E-state index is 0.0545. The molecule has 0 saturated carbocycles. The Kier molecular flexibility index (Phi) is 4.24. The van der Waals surface area contributed by atoms with E-state index in [0.29, 0.717) is 18.1 Å². The molecule has 6 nitrogen and oxygen atoms in total. The van der Waals surface area contributed by atoms with Crippen molar-refractivity contribution in [2.24, 2.45) is 5.92 Å². The maximum atomic E-state index is 11.6. The van der Waals surface area contributed by atoms with E-state index in [2.05, 4.69) is 28.4 Å². The molecule has 2 saturated heterocycles. The summed E-state index contributed by atoms with van der Waals surface area (Å²) in [6.07, 6.45) is 4.63. The summed E-state index contributed by atoms with van der Waals surface area (Å²) >= 11 is 1.66. The fourth-order valence-electron chi connectivity index (χ4n) is 6.16. The quantitative estimate of drug-likeness (QED) is 0.763. The van der Waals surface area contributed by atoms with E-state index in [1.165, 1.54) is 21.7 Å². The number of piperidine rings is 1. The zero-order chi connectivity index (χ0) is 20.5. The Hall–Kier alpha value is -1.96. The second-order valence-electron chi connectivity index (χ2n) is 9.21. The van der Waals surface area contributed by atoms with Gasteiger partial charge in [0.15, 0.2) is 5.13 Å². The molecule has 2 aromatic rings. The molecule has 2 aliphatic heterocycles. The smallest absolute Gasteiger partial charge is 0.223 e. The van der Waals surface area contributed by atoms with Crippen LogP contribution < -0.4 is 10.1 Å². The number of methoxy groups -OCH3 is 1. The minimum Gasteiger partial charge on any atom is -0.497 e. The molecule has 0 spiro atoms. The van der Waals surface area contributed by atoms with Crippen LogP contribution in [0.25, 0.3) is 0 Å². The third kappa shape index (κ3) is 2.90. The number of anilines is 1. The molecule has 4 aliphatic rings. The molecule has 6 rings (SSSR count). The molecule has 2 fully saturated rings. The highest BCUT2D eigenvalue weighted by molar-refractivity contribution is 7.15. The minimum atomic E-state index is -0.0545. The number of hydrogen-bond donors (Lipinski definition) is 1. The molecule has 30 heavy (non-hydrogen) atoms. The van der Waals surface area contributed by atoms with Crippen molar-refractivity contribution >= 4 is 22.4 Å². The summed E-state index contributed by atoms with van der Waals surface area (Å²) < 4.78 is 11.2. The van der Waals surface area contributed by atoms with E-state index in [0.717, 1.165) is 56.3 Å². The summed E-state index contributed by atoms with van der Waals surface area (Å²) in [5, 5.41) is 3.64. The number of benzene rings is 1. The summed E-state index contributed by atoms with van der Waals surface area (Å²) in [7, 11) is 1.75. The first-order chi connectivity index (χ1) is 14.6. The van der Waals surface area contributed by atoms with Crippen LogP contribution in [0.1, 0.15) is 35.0 Å². The highest BCUT2D eigenvalue weighted by Crippen LogP contribution is 2.56. The van der Waals surface area contributed by atoms with Crippen LogP contribution in [-0.4, -0.2) is 54.7 Å². The second kappa shape index (κ2) is 6.77. The molecule has 1 aromatic carbocycles. The van der Waals surface area contributed by atoms with E-state index < -0.39 is 0 Å². The number of carbonyl (C=O) groups excluding carboxylic acids is 1. The maximum Gasteiger partial charge on any atom is 0.223 e. The molecule has 2 aliphatic carbocycles. The lowest BCUT2D eigenvalue weighted by Gasteiger charge is -2.58. The number of amides is 1. The first-order valence-corrected chi connectivity index (χ1v) is 11.7. The summed E-state index contributed by atoms with van der Waals surface area (Å²) in [6, 6.07) is 7.19. The molecule has 1 N–H and O–H groups in total. The Morgan fingerprint density at radius 3 is 3.07 bits per heavy atom.